The molecule has 0 fully saturated rings. The molecule has 1 aliphatic carbocycles. The number of hydrogen-bond acceptors (Lipinski definition) is 5. The second-order valence-electron chi connectivity index (χ2n) is 8.64. The molecular weight excluding hydrogens is 446 g/mol. The number of nitrogens with one attached hydrogen (secondary N) is 2. The van der Waals surface area contributed by atoms with Gasteiger partial charge in [-0.15, -0.1) is 0 Å². The summed E-state index contributed by atoms with van der Waals surface area (Å²) in [6.07, 6.45) is 2.58. The van der Waals surface area contributed by atoms with Crippen molar-refractivity contribution >= 4 is 23.3 Å². The Morgan fingerprint density at radius 1 is 1.09 bits per heavy atom. The summed E-state index contributed by atoms with van der Waals surface area (Å²) in [5, 5.41) is 18.0. The standard InChI is InChI=1S/C27H27N3O5/c1-34-18-14-15-23(24(16-18)35-2)30-26(32)29-22-12-6-5-11-20(22)27(30,33)25(31)28-21-13-7-9-17-8-3-4-10-19(17)21/h3-6,8,10-12,14-16,21,33H,7,9,13H2,1-2H3,(H,28,31)(H,29,32). The molecule has 8 nitrogen and oxygen atoms in total. The topological polar surface area (TPSA) is 100 Å². The lowest BCUT2D eigenvalue weighted by Crippen LogP contribution is -2.63. The van der Waals surface area contributed by atoms with Crippen LogP contribution in [0.2, 0.25) is 0 Å². The zero-order valence-corrected chi connectivity index (χ0v) is 19.6. The fraction of sp³-hybridized carbons (Fsp3) is 0.259. The third-order valence-corrected chi connectivity index (χ3v) is 6.69. The van der Waals surface area contributed by atoms with Crippen molar-refractivity contribution in [2.45, 2.75) is 31.0 Å². The van der Waals surface area contributed by atoms with Gasteiger partial charge in [0, 0.05) is 11.6 Å². The van der Waals surface area contributed by atoms with E-state index < -0.39 is 17.7 Å². The first-order valence-corrected chi connectivity index (χ1v) is 11.5. The summed E-state index contributed by atoms with van der Waals surface area (Å²) < 4.78 is 10.8. The second kappa shape index (κ2) is 8.96. The molecule has 2 unspecified atom stereocenters. The molecule has 0 radical (unpaired) electrons. The molecule has 0 saturated carbocycles. The number of methoxy groups -OCH3 is 2. The Bertz CT molecular complexity index is 1290. The number of rotatable bonds is 5. The number of nitrogens with zero attached hydrogens (tertiary/aromatic N) is 1. The van der Waals surface area contributed by atoms with Gasteiger partial charge < -0.3 is 25.2 Å². The third kappa shape index (κ3) is 3.76. The molecule has 0 spiro atoms. The average molecular weight is 474 g/mol. The first-order valence-electron chi connectivity index (χ1n) is 11.5. The zero-order valence-electron chi connectivity index (χ0n) is 19.6. The van der Waals surface area contributed by atoms with E-state index in [1.165, 1.54) is 19.8 Å². The van der Waals surface area contributed by atoms with Crippen LogP contribution in [0.3, 0.4) is 0 Å². The number of ether oxygens (including phenoxy) is 2. The highest BCUT2D eigenvalue weighted by atomic mass is 16.5. The maximum Gasteiger partial charge on any atom is 0.329 e. The highest BCUT2D eigenvalue weighted by Gasteiger charge is 2.53. The van der Waals surface area contributed by atoms with Gasteiger partial charge in [-0.3, -0.25) is 4.79 Å². The van der Waals surface area contributed by atoms with Crippen LogP contribution in [0.15, 0.2) is 66.7 Å². The lowest BCUT2D eigenvalue weighted by Gasteiger charge is -2.43. The fourth-order valence-electron chi connectivity index (χ4n) is 4.97. The van der Waals surface area contributed by atoms with E-state index in [0.717, 1.165) is 29.7 Å². The van der Waals surface area contributed by atoms with E-state index in [9.17, 15) is 14.7 Å². The van der Waals surface area contributed by atoms with Crippen molar-refractivity contribution in [1.29, 1.82) is 0 Å². The van der Waals surface area contributed by atoms with Crippen molar-refractivity contribution in [1.82, 2.24) is 5.32 Å². The second-order valence-corrected chi connectivity index (χ2v) is 8.64. The van der Waals surface area contributed by atoms with Gasteiger partial charge in [-0.2, -0.15) is 0 Å². The number of anilines is 2. The van der Waals surface area contributed by atoms with Crippen LogP contribution in [0.4, 0.5) is 16.2 Å². The van der Waals surface area contributed by atoms with E-state index in [1.807, 2.05) is 18.2 Å². The van der Waals surface area contributed by atoms with Crippen molar-refractivity contribution in [3.63, 3.8) is 0 Å². The van der Waals surface area contributed by atoms with Gasteiger partial charge in [-0.05, 0) is 48.6 Å². The Kier molecular flexibility index (Phi) is 5.82. The van der Waals surface area contributed by atoms with Gasteiger partial charge in [0.2, 0.25) is 0 Å². The normalized spacial score (nSPS) is 20.8. The minimum Gasteiger partial charge on any atom is -0.497 e. The van der Waals surface area contributed by atoms with Gasteiger partial charge in [-0.1, -0.05) is 42.5 Å². The molecule has 8 heteroatoms. The van der Waals surface area contributed by atoms with Crippen molar-refractivity contribution in [3.05, 3.63) is 83.4 Å². The zero-order chi connectivity index (χ0) is 24.6. The number of amides is 3. The molecule has 180 valence electrons. The summed E-state index contributed by atoms with van der Waals surface area (Å²) >= 11 is 0. The Balaban J connectivity index is 1.62. The van der Waals surface area contributed by atoms with Crippen LogP contribution in [0, 0.1) is 0 Å². The largest absolute Gasteiger partial charge is 0.497 e. The van der Waals surface area contributed by atoms with Crippen LogP contribution in [0.1, 0.15) is 35.6 Å². The first-order chi connectivity index (χ1) is 17.0. The predicted molar refractivity (Wildman–Crippen MR) is 132 cm³/mol. The molecule has 5 rings (SSSR count). The number of carbonyl (C=O) groups is 2. The van der Waals surface area contributed by atoms with Crippen molar-refractivity contribution in [3.8, 4) is 11.5 Å². The highest BCUT2D eigenvalue weighted by molar-refractivity contribution is 6.12. The molecule has 0 saturated heterocycles. The summed E-state index contributed by atoms with van der Waals surface area (Å²) in [5.74, 6) is 0.0858. The Morgan fingerprint density at radius 2 is 1.86 bits per heavy atom. The van der Waals surface area contributed by atoms with Gasteiger partial charge in [0.25, 0.3) is 11.6 Å². The fourth-order valence-corrected chi connectivity index (χ4v) is 4.97. The van der Waals surface area contributed by atoms with E-state index in [0.29, 0.717) is 11.4 Å². The van der Waals surface area contributed by atoms with Gasteiger partial charge in [0.05, 0.1) is 31.6 Å². The molecule has 1 aliphatic heterocycles. The van der Waals surface area contributed by atoms with E-state index in [1.54, 1.807) is 42.5 Å². The summed E-state index contributed by atoms with van der Waals surface area (Å²) in [6.45, 7) is 0. The van der Waals surface area contributed by atoms with Crippen molar-refractivity contribution in [2.24, 2.45) is 0 Å². The first kappa shape index (κ1) is 22.7. The molecule has 3 amide bonds. The highest BCUT2D eigenvalue weighted by Crippen LogP contribution is 2.44. The summed E-state index contributed by atoms with van der Waals surface area (Å²) in [5.41, 5.74) is 0.723. The SMILES string of the molecule is COc1ccc(N2C(=O)Nc3ccccc3C2(O)C(=O)NC2CCCc3ccccc32)c(OC)c1. The number of hydrogen-bond donors (Lipinski definition) is 3. The molecule has 0 aromatic heterocycles. The number of aryl methyl sites for hydroxylation is 1. The van der Waals surface area contributed by atoms with Crippen molar-refractivity contribution < 1.29 is 24.2 Å². The lowest BCUT2D eigenvalue weighted by molar-refractivity contribution is -0.141. The van der Waals surface area contributed by atoms with E-state index in [4.69, 9.17) is 9.47 Å². The van der Waals surface area contributed by atoms with Gasteiger partial charge in [0.15, 0.2) is 0 Å². The van der Waals surface area contributed by atoms with Crippen LogP contribution < -0.4 is 25.0 Å². The molecule has 3 aromatic carbocycles. The van der Waals surface area contributed by atoms with Gasteiger partial charge >= 0.3 is 6.03 Å². The minimum atomic E-state index is -2.33. The van der Waals surface area contributed by atoms with Gasteiger partial charge in [-0.25, -0.2) is 9.69 Å². The summed E-state index contributed by atoms with van der Waals surface area (Å²) in [6, 6.07) is 18.6. The van der Waals surface area contributed by atoms with Crippen LogP contribution >= 0.6 is 0 Å². The molecule has 35 heavy (non-hydrogen) atoms. The molecule has 3 N–H and O–H groups in total. The van der Waals surface area contributed by atoms with E-state index >= 15 is 0 Å². The number of para-hydroxylation sites is 1. The summed E-state index contributed by atoms with van der Waals surface area (Å²) in [4.78, 5) is 28.4. The Labute approximate surface area is 203 Å². The maximum absolute atomic E-state index is 14.0. The Morgan fingerprint density at radius 3 is 2.66 bits per heavy atom. The lowest BCUT2D eigenvalue weighted by atomic mass is 9.87. The number of urea groups is 1. The monoisotopic (exact) mass is 473 g/mol. The van der Waals surface area contributed by atoms with E-state index in [2.05, 4.69) is 16.7 Å². The van der Waals surface area contributed by atoms with Crippen molar-refractivity contribution in [2.75, 3.05) is 24.4 Å². The minimum absolute atomic E-state index is 0.224. The quantitative estimate of drug-likeness (QED) is 0.518. The number of carbonyl (C=O) groups excluding carboxylic acids is 2. The van der Waals surface area contributed by atoms with E-state index in [-0.39, 0.29) is 23.0 Å². The molecule has 3 aromatic rings. The average Bonchev–Trinajstić information content (AvgIpc) is 2.89. The number of benzene rings is 3. The molecule has 2 aliphatic rings. The maximum atomic E-state index is 14.0. The van der Waals surface area contributed by atoms with Gasteiger partial charge in [0.1, 0.15) is 11.5 Å². The Hall–Kier alpha value is -4.04. The smallest absolute Gasteiger partial charge is 0.329 e. The number of aliphatic hydroxyl groups is 1. The number of fused-ring (bicyclic) bond motifs is 2. The third-order valence-electron chi connectivity index (χ3n) is 6.69. The van der Waals surface area contributed by atoms with Crippen LogP contribution in [0.5, 0.6) is 11.5 Å². The molecule has 2 atom stereocenters. The molecule has 0 bridgehead atoms. The van der Waals surface area contributed by atoms with Crippen LogP contribution in [-0.2, 0) is 16.9 Å². The molecular formula is C27H27N3O5. The summed E-state index contributed by atoms with van der Waals surface area (Å²) in [7, 11) is 2.97. The van der Waals surface area contributed by atoms with Crippen LogP contribution in [-0.4, -0.2) is 31.3 Å². The predicted octanol–water partition coefficient (Wildman–Crippen LogP) is 4.09. The van der Waals surface area contributed by atoms with Crippen LogP contribution in [0.25, 0.3) is 0 Å². The molecule has 1 heterocycles.